The molecule has 0 heterocycles. The van der Waals surface area contributed by atoms with Crippen LogP contribution in [0.4, 0.5) is 8.78 Å². The zero-order chi connectivity index (χ0) is 12.3. The molecule has 3 heteroatoms. The number of rotatable bonds is 3. The van der Waals surface area contributed by atoms with Crippen LogP contribution in [0.15, 0.2) is 18.2 Å². The first-order valence-electron chi connectivity index (χ1n) is 6.16. The maximum absolute atomic E-state index is 13.7. The summed E-state index contributed by atoms with van der Waals surface area (Å²) < 4.78 is 26.8. The topological polar surface area (TPSA) is 0 Å². The number of hydrogen-bond acceptors (Lipinski definition) is 0. The van der Waals surface area contributed by atoms with E-state index in [1.807, 2.05) is 0 Å². The standard InChI is InChI=1S/C14H17BrF2/c15-10-14(7-2-1-3-8-14)9-11-5-4-6-12(16)13(11)17/h4-6H,1-3,7-10H2. The molecule has 0 aromatic heterocycles. The lowest BCUT2D eigenvalue weighted by Gasteiger charge is -2.36. The van der Waals surface area contributed by atoms with Crippen LogP contribution in [0.3, 0.4) is 0 Å². The minimum atomic E-state index is -0.733. The Bertz CT molecular complexity index is 384. The van der Waals surface area contributed by atoms with E-state index in [0.717, 1.165) is 18.2 Å². The summed E-state index contributed by atoms with van der Waals surface area (Å²) in [6, 6.07) is 4.48. The summed E-state index contributed by atoms with van der Waals surface area (Å²) in [4.78, 5) is 0. The fraction of sp³-hybridized carbons (Fsp3) is 0.571. The lowest BCUT2D eigenvalue weighted by Crippen LogP contribution is -2.29. The monoisotopic (exact) mass is 302 g/mol. The highest BCUT2D eigenvalue weighted by molar-refractivity contribution is 9.09. The quantitative estimate of drug-likeness (QED) is 0.700. The van der Waals surface area contributed by atoms with Gasteiger partial charge in [-0.1, -0.05) is 47.3 Å². The predicted molar refractivity (Wildman–Crippen MR) is 69.4 cm³/mol. The molecule has 1 aliphatic rings. The van der Waals surface area contributed by atoms with Crippen molar-refractivity contribution in [1.29, 1.82) is 0 Å². The molecule has 0 atom stereocenters. The van der Waals surface area contributed by atoms with Gasteiger partial charge in [-0.15, -0.1) is 0 Å². The highest BCUT2D eigenvalue weighted by Crippen LogP contribution is 2.41. The van der Waals surface area contributed by atoms with Crippen LogP contribution in [0.5, 0.6) is 0 Å². The van der Waals surface area contributed by atoms with Crippen molar-refractivity contribution in [3.05, 3.63) is 35.4 Å². The molecule has 0 nitrogen and oxygen atoms in total. The molecule has 0 radical (unpaired) electrons. The number of alkyl halides is 1. The van der Waals surface area contributed by atoms with Crippen LogP contribution in [-0.2, 0) is 6.42 Å². The van der Waals surface area contributed by atoms with Crippen molar-refractivity contribution in [3.63, 3.8) is 0 Å². The molecule has 0 saturated heterocycles. The average Bonchev–Trinajstić information content (AvgIpc) is 2.36. The lowest BCUT2D eigenvalue weighted by molar-refractivity contribution is 0.220. The second kappa shape index (κ2) is 5.47. The van der Waals surface area contributed by atoms with Crippen LogP contribution in [0.25, 0.3) is 0 Å². The van der Waals surface area contributed by atoms with E-state index in [4.69, 9.17) is 0 Å². The van der Waals surface area contributed by atoms with Crippen molar-refractivity contribution in [3.8, 4) is 0 Å². The van der Waals surface area contributed by atoms with Crippen LogP contribution in [-0.4, -0.2) is 5.33 Å². The van der Waals surface area contributed by atoms with Gasteiger partial charge in [-0.05, 0) is 36.3 Å². The van der Waals surface area contributed by atoms with E-state index in [-0.39, 0.29) is 5.41 Å². The molecule has 0 N–H and O–H groups in total. The second-order valence-corrected chi connectivity index (χ2v) is 5.64. The van der Waals surface area contributed by atoms with Gasteiger partial charge in [0, 0.05) is 5.33 Å². The molecule has 0 amide bonds. The minimum absolute atomic E-state index is 0.118. The third-order valence-corrected chi connectivity index (χ3v) is 4.98. The van der Waals surface area contributed by atoms with Crippen molar-refractivity contribution < 1.29 is 8.78 Å². The summed E-state index contributed by atoms with van der Waals surface area (Å²) in [6.07, 6.45) is 6.51. The molecule has 1 aromatic carbocycles. The molecule has 17 heavy (non-hydrogen) atoms. The van der Waals surface area contributed by atoms with E-state index in [1.165, 1.54) is 25.3 Å². The van der Waals surface area contributed by atoms with E-state index in [1.54, 1.807) is 12.1 Å². The first-order chi connectivity index (χ1) is 8.17. The van der Waals surface area contributed by atoms with Gasteiger partial charge in [-0.3, -0.25) is 0 Å². The van der Waals surface area contributed by atoms with E-state index < -0.39 is 11.6 Å². The highest BCUT2D eigenvalue weighted by Gasteiger charge is 2.32. The van der Waals surface area contributed by atoms with Crippen molar-refractivity contribution in [1.82, 2.24) is 0 Å². The molecule has 1 aromatic rings. The van der Waals surface area contributed by atoms with E-state index in [0.29, 0.717) is 12.0 Å². The van der Waals surface area contributed by atoms with Crippen molar-refractivity contribution in [2.24, 2.45) is 5.41 Å². The van der Waals surface area contributed by atoms with E-state index in [2.05, 4.69) is 15.9 Å². The number of halogens is 3. The summed E-state index contributed by atoms with van der Waals surface area (Å²) >= 11 is 3.55. The Morgan fingerprint density at radius 1 is 1.12 bits per heavy atom. The first-order valence-corrected chi connectivity index (χ1v) is 7.28. The van der Waals surface area contributed by atoms with Crippen molar-refractivity contribution >= 4 is 15.9 Å². The Kier molecular flexibility index (Phi) is 4.18. The van der Waals surface area contributed by atoms with Crippen LogP contribution >= 0.6 is 15.9 Å². The fourth-order valence-corrected chi connectivity index (χ4v) is 3.51. The van der Waals surface area contributed by atoms with Gasteiger partial charge < -0.3 is 0 Å². The smallest absolute Gasteiger partial charge is 0.162 e. The van der Waals surface area contributed by atoms with Crippen molar-refractivity contribution in [2.45, 2.75) is 38.5 Å². The minimum Gasteiger partial charge on any atom is -0.204 e. The van der Waals surface area contributed by atoms with Gasteiger partial charge in [0.25, 0.3) is 0 Å². The van der Waals surface area contributed by atoms with Gasteiger partial charge in [-0.25, -0.2) is 8.78 Å². The van der Waals surface area contributed by atoms with Gasteiger partial charge >= 0.3 is 0 Å². The third kappa shape index (κ3) is 2.87. The number of hydrogen-bond donors (Lipinski definition) is 0. The molecule has 0 unspecified atom stereocenters. The summed E-state index contributed by atoms with van der Waals surface area (Å²) in [5.74, 6) is -1.40. The molecular formula is C14H17BrF2. The Morgan fingerprint density at radius 3 is 2.47 bits per heavy atom. The number of benzene rings is 1. The van der Waals surface area contributed by atoms with Crippen molar-refractivity contribution in [2.75, 3.05) is 5.33 Å². The summed E-state index contributed by atoms with van der Waals surface area (Å²) in [7, 11) is 0. The molecule has 1 fully saturated rings. The molecular weight excluding hydrogens is 286 g/mol. The third-order valence-electron chi connectivity index (χ3n) is 3.79. The van der Waals surface area contributed by atoms with Gasteiger partial charge in [-0.2, -0.15) is 0 Å². The van der Waals surface area contributed by atoms with Crippen LogP contribution < -0.4 is 0 Å². The summed E-state index contributed by atoms with van der Waals surface area (Å²) in [6.45, 7) is 0. The maximum atomic E-state index is 13.7. The summed E-state index contributed by atoms with van der Waals surface area (Å²) in [5.41, 5.74) is 0.638. The van der Waals surface area contributed by atoms with E-state index in [9.17, 15) is 8.78 Å². The molecule has 0 aliphatic heterocycles. The Morgan fingerprint density at radius 2 is 1.82 bits per heavy atom. The molecule has 2 rings (SSSR count). The SMILES string of the molecule is Fc1cccc(CC2(CBr)CCCCC2)c1F. The Labute approximate surface area is 110 Å². The molecule has 94 valence electrons. The molecule has 0 bridgehead atoms. The Hall–Kier alpha value is -0.440. The largest absolute Gasteiger partial charge is 0.204 e. The van der Waals surface area contributed by atoms with Gasteiger partial charge in [0.1, 0.15) is 0 Å². The molecule has 1 aliphatic carbocycles. The van der Waals surface area contributed by atoms with Gasteiger partial charge in [0.2, 0.25) is 0 Å². The second-order valence-electron chi connectivity index (χ2n) is 5.08. The van der Waals surface area contributed by atoms with Gasteiger partial charge in [0.05, 0.1) is 0 Å². The average molecular weight is 303 g/mol. The summed E-state index contributed by atoms with van der Waals surface area (Å²) in [5, 5.41) is 0.871. The zero-order valence-electron chi connectivity index (χ0n) is 9.82. The Balaban J connectivity index is 2.20. The van der Waals surface area contributed by atoms with Crippen LogP contribution in [0.2, 0.25) is 0 Å². The van der Waals surface area contributed by atoms with Crippen LogP contribution in [0, 0.1) is 17.0 Å². The lowest BCUT2D eigenvalue weighted by atomic mass is 9.72. The van der Waals surface area contributed by atoms with Crippen LogP contribution in [0.1, 0.15) is 37.7 Å². The first kappa shape index (κ1) is 13.0. The van der Waals surface area contributed by atoms with E-state index >= 15 is 0 Å². The fourth-order valence-electron chi connectivity index (χ4n) is 2.75. The predicted octanol–water partition coefficient (Wildman–Crippen LogP) is 4.85. The zero-order valence-corrected chi connectivity index (χ0v) is 11.4. The van der Waals surface area contributed by atoms with Gasteiger partial charge in [0.15, 0.2) is 11.6 Å². The molecule has 0 spiro atoms. The normalized spacial score (nSPS) is 19.2. The molecule has 1 saturated carbocycles. The maximum Gasteiger partial charge on any atom is 0.162 e. The highest BCUT2D eigenvalue weighted by atomic mass is 79.9.